The number of benzene rings is 3. The van der Waals surface area contributed by atoms with Crippen LogP contribution in [0.3, 0.4) is 0 Å². The molecule has 0 spiro atoms. The van der Waals surface area contributed by atoms with E-state index in [1.807, 2.05) is 60.7 Å². The standard InChI is InChI=1S/C30H28NO3P/c1-30(2,3)29(33)27(28(32)25-19-12-13-21-31-25)24-18-10-11-20-26(24)35(34,22-14-6-4-7-15-22)23-16-8-5-9-17-23/h4-21,27H,1-3H3. The van der Waals surface area contributed by atoms with Crippen molar-refractivity contribution in [1.29, 1.82) is 0 Å². The molecule has 3 aromatic carbocycles. The summed E-state index contributed by atoms with van der Waals surface area (Å²) < 4.78 is 15.1. The van der Waals surface area contributed by atoms with Gasteiger partial charge in [0.2, 0.25) is 0 Å². The van der Waals surface area contributed by atoms with Gasteiger partial charge in [-0.25, -0.2) is 0 Å². The molecule has 0 fully saturated rings. The summed E-state index contributed by atoms with van der Waals surface area (Å²) in [6.45, 7) is 5.39. The van der Waals surface area contributed by atoms with E-state index in [0.717, 1.165) is 0 Å². The number of Topliss-reactive ketones (excluding diaryl/α,β-unsaturated/α-hetero) is 2. The lowest BCUT2D eigenvalue weighted by Crippen LogP contribution is -2.37. The van der Waals surface area contributed by atoms with Crippen LogP contribution in [-0.4, -0.2) is 16.6 Å². The molecule has 1 aromatic heterocycles. The van der Waals surface area contributed by atoms with Crippen molar-refractivity contribution in [2.75, 3.05) is 0 Å². The van der Waals surface area contributed by atoms with E-state index in [4.69, 9.17) is 0 Å². The SMILES string of the molecule is CC(C)(C)C(=O)C(C(=O)c1ccccn1)c1ccccc1P(=O)(c1ccccc1)c1ccccc1. The van der Waals surface area contributed by atoms with E-state index in [1.54, 1.807) is 63.2 Å². The molecule has 1 unspecified atom stereocenters. The fourth-order valence-electron chi connectivity index (χ4n) is 4.21. The van der Waals surface area contributed by atoms with Crippen molar-refractivity contribution in [3.63, 3.8) is 0 Å². The zero-order valence-electron chi connectivity index (χ0n) is 20.1. The van der Waals surface area contributed by atoms with Gasteiger partial charge >= 0.3 is 0 Å². The Morgan fingerprint density at radius 3 is 1.74 bits per heavy atom. The fourth-order valence-corrected chi connectivity index (χ4v) is 7.11. The van der Waals surface area contributed by atoms with Gasteiger partial charge in [0, 0.05) is 27.5 Å². The van der Waals surface area contributed by atoms with Crippen LogP contribution in [0.15, 0.2) is 109 Å². The van der Waals surface area contributed by atoms with Gasteiger partial charge in [-0.2, -0.15) is 0 Å². The second-order valence-corrected chi connectivity index (χ2v) is 12.2. The number of hydrogen-bond donors (Lipinski definition) is 0. The maximum absolute atomic E-state index is 15.1. The molecule has 0 N–H and O–H groups in total. The molecular formula is C30H28NO3P. The van der Waals surface area contributed by atoms with Crippen molar-refractivity contribution >= 4 is 34.6 Å². The molecule has 0 aliphatic carbocycles. The van der Waals surface area contributed by atoms with Gasteiger partial charge in [-0.3, -0.25) is 14.6 Å². The molecular weight excluding hydrogens is 453 g/mol. The van der Waals surface area contributed by atoms with Gasteiger partial charge in [0.1, 0.15) is 11.6 Å². The summed E-state index contributed by atoms with van der Waals surface area (Å²) in [4.78, 5) is 31.8. The maximum Gasteiger partial charge on any atom is 0.196 e. The van der Waals surface area contributed by atoms with Crippen molar-refractivity contribution < 1.29 is 14.2 Å². The molecule has 1 atom stereocenters. The second kappa shape index (κ2) is 9.93. The highest BCUT2D eigenvalue weighted by Crippen LogP contribution is 2.45. The highest BCUT2D eigenvalue weighted by molar-refractivity contribution is 7.85. The minimum atomic E-state index is -3.42. The highest BCUT2D eigenvalue weighted by atomic mass is 31.2. The molecule has 4 rings (SSSR count). The smallest absolute Gasteiger partial charge is 0.196 e. The first-order chi connectivity index (χ1) is 16.7. The van der Waals surface area contributed by atoms with Crippen molar-refractivity contribution in [3.05, 3.63) is 121 Å². The van der Waals surface area contributed by atoms with Crippen LogP contribution in [0.5, 0.6) is 0 Å². The molecule has 0 aliphatic heterocycles. The number of aromatic nitrogens is 1. The summed E-state index contributed by atoms with van der Waals surface area (Å²) in [5, 5.41) is 1.78. The monoisotopic (exact) mass is 481 g/mol. The van der Waals surface area contributed by atoms with E-state index in [0.29, 0.717) is 21.5 Å². The quantitative estimate of drug-likeness (QED) is 0.204. The molecule has 4 nitrogen and oxygen atoms in total. The minimum absolute atomic E-state index is 0.208. The topological polar surface area (TPSA) is 64.1 Å². The van der Waals surface area contributed by atoms with E-state index in [-0.39, 0.29) is 11.5 Å². The van der Waals surface area contributed by atoms with E-state index >= 15 is 4.57 Å². The second-order valence-electron chi connectivity index (χ2n) is 9.47. The van der Waals surface area contributed by atoms with Crippen LogP contribution < -0.4 is 15.9 Å². The number of carbonyl (C=O) groups excluding carboxylic acids is 2. The van der Waals surface area contributed by atoms with E-state index in [1.165, 1.54) is 6.20 Å². The molecule has 0 saturated carbocycles. The van der Waals surface area contributed by atoms with Crippen molar-refractivity contribution in [2.45, 2.75) is 26.7 Å². The summed E-state index contributed by atoms with van der Waals surface area (Å²) in [6, 6.07) is 30.7. The van der Waals surface area contributed by atoms with Gasteiger partial charge in [0.05, 0.1) is 0 Å². The summed E-state index contributed by atoms with van der Waals surface area (Å²) >= 11 is 0. The molecule has 0 bridgehead atoms. The number of ketones is 2. The Labute approximate surface area is 206 Å². The molecule has 4 aromatic rings. The number of nitrogens with zero attached hydrogens (tertiary/aromatic N) is 1. The lowest BCUT2D eigenvalue weighted by atomic mass is 9.77. The Balaban J connectivity index is 2.01. The lowest BCUT2D eigenvalue weighted by Gasteiger charge is -2.28. The zero-order valence-corrected chi connectivity index (χ0v) is 21.0. The third-order valence-corrected chi connectivity index (χ3v) is 9.14. The molecule has 0 radical (unpaired) electrons. The Morgan fingerprint density at radius 2 is 1.23 bits per heavy atom. The fraction of sp³-hybridized carbons (Fsp3) is 0.167. The number of carbonyl (C=O) groups is 2. The minimum Gasteiger partial charge on any atom is -0.309 e. The van der Waals surface area contributed by atoms with Crippen LogP contribution in [-0.2, 0) is 9.36 Å². The van der Waals surface area contributed by atoms with Gasteiger partial charge in [0.15, 0.2) is 18.7 Å². The predicted molar refractivity (Wildman–Crippen MR) is 142 cm³/mol. The Morgan fingerprint density at radius 1 is 0.714 bits per heavy atom. The van der Waals surface area contributed by atoms with Crippen molar-refractivity contribution in [3.8, 4) is 0 Å². The van der Waals surface area contributed by atoms with E-state index in [2.05, 4.69) is 4.98 Å². The Kier molecular flexibility index (Phi) is 6.95. The molecule has 5 heteroatoms. The summed E-state index contributed by atoms with van der Waals surface area (Å²) in [6.07, 6.45) is 1.54. The molecule has 0 amide bonds. The zero-order chi connectivity index (χ0) is 25.1. The maximum atomic E-state index is 15.1. The van der Waals surface area contributed by atoms with Crippen LogP contribution in [0, 0.1) is 5.41 Å². The van der Waals surface area contributed by atoms with Crippen LogP contribution in [0.4, 0.5) is 0 Å². The first-order valence-electron chi connectivity index (χ1n) is 11.5. The van der Waals surface area contributed by atoms with Crippen molar-refractivity contribution in [2.24, 2.45) is 5.41 Å². The van der Waals surface area contributed by atoms with Crippen LogP contribution in [0.2, 0.25) is 0 Å². The summed E-state index contributed by atoms with van der Waals surface area (Å²) in [7, 11) is -3.42. The number of hydrogen-bond acceptors (Lipinski definition) is 4. The highest BCUT2D eigenvalue weighted by Gasteiger charge is 2.41. The predicted octanol–water partition coefficient (Wildman–Crippen LogP) is 5.30. The lowest BCUT2D eigenvalue weighted by molar-refractivity contribution is -0.126. The van der Waals surface area contributed by atoms with Crippen LogP contribution >= 0.6 is 7.14 Å². The third kappa shape index (κ3) is 4.80. The first-order valence-corrected chi connectivity index (χ1v) is 13.3. The third-order valence-electron chi connectivity index (χ3n) is 6.01. The van der Waals surface area contributed by atoms with Gasteiger partial charge < -0.3 is 4.57 Å². The number of rotatable bonds is 7. The van der Waals surface area contributed by atoms with Crippen molar-refractivity contribution in [1.82, 2.24) is 4.98 Å². The normalized spacial score (nSPS) is 12.7. The van der Waals surface area contributed by atoms with Gasteiger partial charge in [-0.05, 0) is 17.7 Å². The van der Waals surface area contributed by atoms with E-state index < -0.39 is 24.3 Å². The van der Waals surface area contributed by atoms with Crippen LogP contribution in [0.1, 0.15) is 42.7 Å². The molecule has 35 heavy (non-hydrogen) atoms. The average molecular weight is 482 g/mol. The molecule has 176 valence electrons. The molecule has 0 aliphatic rings. The van der Waals surface area contributed by atoms with Crippen LogP contribution in [0.25, 0.3) is 0 Å². The number of pyridine rings is 1. The van der Waals surface area contributed by atoms with Gasteiger partial charge in [-0.1, -0.05) is 112 Å². The molecule has 0 saturated heterocycles. The Bertz CT molecular complexity index is 1330. The van der Waals surface area contributed by atoms with Gasteiger partial charge in [-0.15, -0.1) is 0 Å². The first kappa shape index (κ1) is 24.5. The largest absolute Gasteiger partial charge is 0.309 e. The summed E-state index contributed by atoms with van der Waals surface area (Å²) in [5.74, 6) is -1.78. The van der Waals surface area contributed by atoms with Gasteiger partial charge in [0.25, 0.3) is 0 Å². The van der Waals surface area contributed by atoms with E-state index in [9.17, 15) is 9.59 Å². The average Bonchev–Trinajstić information content (AvgIpc) is 2.89. The Hall–Kier alpha value is -3.62. The molecule has 1 heterocycles. The summed E-state index contributed by atoms with van der Waals surface area (Å²) in [5.41, 5.74) is -0.135.